The Balaban J connectivity index is 1.77. The van der Waals surface area contributed by atoms with Crippen molar-refractivity contribution in [2.24, 2.45) is 0 Å². The summed E-state index contributed by atoms with van der Waals surface area (Å²) in [6.45, 7) is 7.93. The topological polar surface area (TPSA) is 62.6 Å². The van der Waals surface area contributed by atoms with Gasteiger partial charge in [-0.15, -0.1) is 0 Å². The molecule has 2 amide bonds. The number of hydrogen-bond acceptors (Lipinski definition) is 2. The largest absolute Gasteiger partial charge is 0.349 e. The third-order valence-electron chi connectivity index (χ3n) is 4.48. The van der Waals surface area contributed by atoms with Gasteiger partial charge in [0.25, 0.3) is 0 Å². The maximum atomic E-state index is 12.1. The first-order valence-electron chi connectivity index (χ1n) is 8.97. The first-order valence-corrected chi connectivity index (χ1v) is 8.97. The predicted octanol–water partition coefficient (Wildman–Crippen LogP) is 0.539. The molecule has 2 rings (SSSR count). The van der Waals surface area contributed by atoms with E-state index in [4.69, 9.17) is 0 Å². The Morgan fingerprint density at radius 2 is 1.64 bits per heavy atom. The molecule has 0 heterocycles. The zero-order chi connectivity index (χ0) is 18.1. The molecule has 0 aromatic heterocycles. The van der Waals surface area contributed by atoms with Crippen molar-refractivity contribution in [3.63, 3.8) is 0 Å². The molecule has 0 fully saturated rings. The highest BCUT2D eigenvalue weighted by Crippen LogP contribution is 2.18. The van der Waals surface area contributed by atoms with Gasteiger partial charge in [-0.1, -0.05) is 42.5 Å². The standard InChI is InChI=1S/C20H27N3O2/c1-3-23(4-2)13-12-21-20(25)15-22-19(24)14-17-10-7-9-16-8-5-6-11-18(16)17/h5-11H,3-4,12-15H2,1-2H3,(H,21,25)(H,22,24)/p+1. The molecule has 0 spiro atoms. The van der Waals surface area contributed by atoms with Crippen molar-refractivity contribution in [3.05, 3.63) is 48.0 Å². The minimum Gasteiger partial charge on any atom is -0.349 e. The summed E-state index contributed by atoms with van der Waals surface area (Å²) < 4.78 is 0. The lowest BCUT2D eigenvalue weighted by molar-refractivity contribution is -0.895. The predicted molar refractivity (Wildman–Crippen MR) is 101 cm³/mol. The fourth-order valence-electron chi connectivity index (χ4n) is 2.91. The van der Waals surface area contributed by atoms with E-state index in [9.17, 15) is 9.59 Å². The van der Waals surface area contributed by atoms with E-state index < -0.39 is 0 Å². The van der Waals surface area contributed by atoms with Gasteiger partial charge in [0.15, 0.2) is 0 Å². The monoisotopic (exact) mass is 342 g/mol. The van der Waals surface area contributed by atoms with Crippen LogP contribution >= 0.6 is 0 Å². The van der Waals surface area contributed by atoms with E-state index in [0.29, 0.717) is 6.54 Å². The summed E-state index contributed by atoms with van der Waals surface area (Å²) in [6, 6.07) is 13.9. The Morgan fingerprint density at radius 3 is 2.40 bits per heavy atom. The average molecular weight is 342 g/mol. The number of nitrogens with one attached hydrogen (secondary N) is 3. The normalized spacial score (nSPS) is 10.8. The van der Waals surface area contributed by atoms with Gasteiger partial charge in [0.05, 0.1) is 39.1 Å². The van der Waals surface area contributed by atoms with Crippen LogP contribution in [-0.4, -0.2) is 44.5 Å². The van der Waals surface area contributed by atoms with Crippen molar-refractivity contribution in [1.29, 1.82) is 0 Å². The summed E-state index contributed by atoms with van der Waals surface area (Å²) in [5.74, 6) is -0.279. The molecule has 0 saturated heterocycles. The molecule has 0 aliphatic rings. The first-order chi connectivity index (χ1) is 12.1. The van der Waals surface area contributed by atoms with E-state index in [1.165, 1.54) is 4.90 Å². The summed E-state index contributed by atoms with van der Waals surface area (Å²) in [5.41, 5.74) is 0.973. The molecule has 0 atom stereocenters. The number of carbonyl (C=O) groups excluding carboxylic acids is 2. The molecule has 0 radical (unpaired) electrons. The number of amides is 2. The van der Waals surface area contributed by atoms with Crippen LogP contribution in [0.4, 0.5) is 0 Å². The van der Waals surface area contributed by atoms with Crippen molar-refractivity contribution in [2.75, 3.05) is 32.7 Å². The molecule has 3 N–H and O–H groups in total. The van der Waals surface area contributed by atoms with Gasteiger partial charge in [0, 0.05) is 0 Å². The summed E-state index contributed by atoms with van der Waals surface area (Å²) >= 11 is 0. The van der Waals surface area contributed by atoms with Crippen LogP contribution < -0.4 is 15.5 Å². The molecular formula is C20H28N3O2+. The van der Waals surface area contributed by atoms with Crippen molar-refractivity contribution >= 4 is 22.6 Å². The number of quaternary nitrogens is 1. The Hall–Kier alpha value is -2.40. The molecule has 2 aromatic rings. The molecule has 0 bridgehead atoms. The molecule has 0 aliphatic carbocycles. The zero-order valence-corrected chi connectivity index (χ0v) is 15.1. The second-order valence-electron chi connectivity index (χ2n) is 6.15. The smallest absolute Gasteiger partial charge is 0.239 e. The van der Waals surface area contributed by atoms with Crippen LogP contribution in [0.2, 0.25) is 0 Å². The Kier molecular flexibility index (Phi) is 7.41. The minimum absolute atomic E-state index is 0.0250. The lowest BCUT2D eigenvalue weighted by Gasteiger charge is -2.15. The average Bonchev–Trinajstić information content (AvgIpc) is 2.64. The summed E-state index contributed by atoms with van der Waals surface area (Å²) in [6.07, 6.45) is 0.276. The van der Waals surface area contributed by atoms with Crippen molar-refractivity contribution < 1.29 is 14.5 Å². The fraction of sp³-hybridized carbons (Fsp3) is 0.400. The number of likely N-dealkylation sites (N-methyl/N-ethyl adjacent to an activating group) is 1. The Labute approximate surface area is 149 Å². The third kappa shape index (κ3) is 5.87. The lowest BCUT2D eigenvalue weighted by atomic mass is 10.0. The highest BCUT2D eigenvalue weighted by molar-refractivity contribution is 5.91. The maximum Gasteiger partial charge on any atom is 0.239 e. The number of rotatable bonds is 9. The Morgan fingerprint density at radius 1 is 0.920 bits per heavy atom. The van der Waals surface area contributed by atoms with Crippen LogP contribution in [0.3, 0.4) is 0 Å². The van der Waals surface area contributed by atoms with Crippen molar-refractivity contribution in [3.8, 4) is 0 Å². The third-order valence-corrected chi connectivity index (χ3v) is 4.48. The van der Waals surface area contributed by atoms with Gasteiger partial charge in [-0.25, -0.2) is 0 Å². The minimum atomic E-state index is -0.141. The van der Waals surface area contributed by atoms with Gasteiger partial charge in [0.2, 0.25) is 11.8 Å². The van der Waals surface area contributed by atoms with Gasteiger partial charge in [-0.2, -0.15) is 0 Å². The molecule has 25 heavy (non-hydrogen) atoms. The first kappa shape index (κ1) is 18.9. The summed E-state index contributed by atoms with van der Waals surface area (Å²) in [4.78, 5) is 25.4. The molecule has 134 valence electrons. The van der Waals surface area contributed by atoms with E-state index in [1.54, 1.807) is 0 Å². The van der Waals surface area contributed by atoms with Crippen LogP contribution in [-0.2, 0) is 16.0 Å². The van der Waals surface area contributed by atoms with E-state index in [1.807, 2.05) is 42.5 Å². The van der Waals surface area contributed by atoms with Gasteiger partial charge >= 0.3 is 0 Å². The molecule has 0 aliphatic heterocycles. The SMILES string of the molecule is CC[NH+](CC)CCNC(=O)CNC(=O)Cc1cccc2ccccc12. The second kappa shape index (κ2) is 9.79. The molecule has 5 heteroatoms. The van der Waals surface area contributed by atoms with E-state index in [2.05, 4.69) is 24.5 Å². The molecule has 0 saturated carbocycles. The van der Waals surface area contributed by atoms with Gasteiger partial charge in [-0.3, -0.25) is 9.59 Å². The fourth-order valence-corrected chi connectivity index (χ4v) is 2.91. The molecule has 2 aromatic carbocycles. The summed E-state index contributed by atoms with van der Waals surface area (Å²) in [7, 11) is 0. The van der Waals surface area contributed by atoms with Crippen LogP contribution in [0.1, 0.15) is 19.4 Å². The van der Waals surface area contributed by atoms with Crippen LogP contribution in [0.15, 0.2) is 42.5 Å². The van der Waals surface area contributed by atoms with Gasteiger partial charge in [-0.05, 0) is 30.2 Å². The quantitative estimate of drug-likeness (QED) is 0.623. The van der Waals surface area contributed by atoms with Crippen LogP contribution in [0.5, 0.6) is 0 Å². The number of hydrogen-bond donors (Lipinski definition) is 3. The number of carbonyl (C=O) groups is 2. The van der Waals surface area contributed by atoms with Gasteiger partial charge < -0.3 is 15.5 Å². The molecule has 5 nitrogen and oxygen atoms in total. The van der Waals surface area contributed by atoms with E-state index in [-0.39, 0.29) is 24.8 Å². The molecule has 0 unspecified atom stereocenters. The van der Waals surface area contributed by atoms with Crippen LogP contribution in [0, 0.1) is 0 Å². The maximum absolute atomic E-state index is 12.1. The van der Waals surface area contributed by atoms with Crippen molar-refractivity contribution in [1.82, 2.24) is 10.6 Å². The van der Waals surface area contributed by atoms with Crippen molar-refractivity contribution in [2.45, 2.75) is 20.3 Å². The van der Waals surface area contributed by atoms with E-state index >= 15 is 0 Å². The Bertz CT molecular complexity index is 706. The lowest BCUT2D eigenvalue weighted by Crippen LogP contribution is -3.12. The van der Waals surface area contributed by atoms with Gasteiger partial charge in [0.1, 0.15) is 0 Å². The highest BCUT2D eigenvalue weighted by atomic mass is 16.2. The zero-order valence-electron chi connectivity index (χ0n) is 15.1. The van der Waals surface area contributed by atoms with E-state index in [0.717, 1.165) is 36.0 Å². The molecular weight excluding hydrogens is 314 g/mol. The van der Waals surface area contributed by atoms with Crippen LogP contribution in [0.25, 0.3) is 10.8 Å². The second-order valence-corrected chi connectivity index (χ2v) is 6.15. The number of benzene rings is 2. The number of fused-ring (bicyclic) bond motifs is 1. The highest BCUT2D eigenvalue weighted by Gasteiger charge is 2.09. The summed E-state index contributed by atoms with van der Waals surface area (Å²) in [5, 5.41) is 7.75.